The number of thioether (sulfide) groups is 1. The molecule has 1 aromatic carbocycles. The highest BCUT2D eigenvalue weighted by Gasteiger charge is 2.17. The Kier molecular flexibility index (Phi) is 6.17. The molecule has 138 valence electrons. The summed E-state index contributed by atoms with van der Waals surface area (Å²) in [6.45, 7) is 0. The topological polar surface area (TPSA) is 102 Å². The summed E-state index contributed by atoms with van der Waals surface area (Å²) in [5.41, 5.74) is 1.70. The van der Waals surface area contributed by atoms with Gasteiger partial charge in [-0.2, -0.15) is 0 Å². The SMILES string of the molecule is Nn1cc(-c2ccccc2)nc1SCC(=O)NC(=O)NC1CCCCC1. The van der Waals surface area contributed by atoms with Crippen molar-refractivity contribution in [2.24, 2.45) is 0 Å². The van der Waals surface area contributed by atoms with E-state index >= 15 is 0 Å². The third kappa shape index (κ3) is 5.01. The number of imidazole rings is 1. The second-order valence-corrected chi connectivity index (χ2v) is 7.27. The van der Waals surface area contributed by atoms with Crippen LogP contribution in [0, 0.1) is 0 Å². The molecule has 0 saturated heterocycles. The molecule has 2 aromatic rings. The predicted octanol–water partition coefficient (Wildman–Crippen LogP) is 2.51. The first-order valence-electron chi connectivity index (χ1n) is 8.75. The lowest BCUT2D eigenvalue weighted by Crippen LogP contribution is -2.45. The highest BCUT2D eigenvalue weighted by molar-refractivity contribution is 7.99. The third-order valence-electron chi connectivity index (χ3n) is 4.29. The average Bonchev–Trinajstić information content (AvgIpc) is 3.02. The first kappa shape index (κ1) is 18.3. The number of hydrogen-bond acceptors (Lipinski definition) is 5. The summed E-state index contributed by atoms with van der Waals surface area (Å²) in [7, 11) is 0. The van der Waals surface area contributed by atoms with E-state index in [4.69, 9.17) is 5.84 Å². The lowest BCUT2D eigenvalue weighted by Gasteiger charge is -2.22. The zero-order valence-electron chi connectivity index (χ0n) is 14.5. The number of nitrogens with one attached hydrogen (secondary N) is 2. The van der Waals surface area contributed by atoms with Crippen molar-refractivity contribution in [3.05, 3.63) is 36.5 Å². The van der Waals surface area contributed by atoms with Gasteiger partial charge in [0.25, 0.3) is 0 Å². The van der Waals surface area contributed by atoms with Gasteiger partial charge in [0.2, 0.25) is 5.91 Å². The number of urea groups is 1. The number of nitrogens with zero attached hydrogens (tertiary/aromatic N) is 2. The molecule has 3 rings (SSSR count). The smallest absolute Gasteiger partial charge is 0.321 e. The van der Waals surface area contributed by atoms with Gasteiger partial charge in [0.15, 0.2) is 5.16 Å². The van der Waals surface area contributed by atoms with Gasteiger partial charge in [0, 0.05) is 11.6 Å². The second kappa shape index (κ2) is 8.75. The van der Waals surface area contributed by atoms with Gasteiger partial charge >= 0.3 is 6.03 Å². The molecule has 1 aromatic heterocycles. The Bertz CT molecular complexity index is 756. The summed E-state index contributed by atoms with van der Waals surface area (Å²) >= 11 is 1.19. The van der Waals surface area contributed by atoms with Crippen molar-refractivity contribution in [3.63, 3.8) is 0 Å². The van der Waals surface area contributed by atoms with Crippen molar-refractivity contribution < 1.29 is 9.59 Å². The highest BCUT2D eigenvalue weighted by atomic mass is 32.2. The number of nitrogens with two attached hydrogens (primary N) is 1. The van der Waals surface area contributed by atoms with Gasteiger partial charge in [-0.1, -0.05) is 61.4 Å². The molecule has 1 saturated carbocycles. The van der Waals surface area contributed by atoms with Crippen LogP contribution in [-0.4, -0.2) is 33.4 Å². The molecule has 0 unspecified atom stereocenters. The largest absolute Gasteiger partial charge is 0.337 e. The Balaban J connectivity index is 1.48. The molecular formula is C18H23N5O2S. The van der Waals surface area contributed by atoms with Gasteiger partial charge in [-0.05, 0) is 12.8 Å². The van der Waals surface area contributed by atoms with E-state index in [0.29, 0.717) is 5.16 Å². The molecule has 1 fully saturated rings. The number of rotatable bonds is 5. The zero-order valence-corrected chi connectivity index (χ0v) is 15.3. The molecule has 0 spiro atoms. The number of amides is 3. The summed E-state index contributed by atoms with van der Waals surface area (Å²) in [6.07, 6.45) is 7.12. The van der Waals surface area contributed by atoms with Crippen LogP contribution in [0.25, 0.3) is 11.3 Å². The van der Waals surface area contributed by atoms with Crippen molar-refractivity contribution in [2.45, 2.75) is 43.3 Å². The van der Waals surface area contributed by atoms with Gasteiger partial charge in [-0.15, -0.1) is 0 Å². The van der Waals surface area contributed by atoms with E-state index in [1.165, 1.54) is 22.9 Å². The summed E-state index contributed by atoms with van der Waals surface area (Å²) in [6, 6.07) is 9.41. The van der Waals surface area contributed by atoms with Crippen LogP contribution in [0.3, 0.4) is 0 Å². The van der Waals surface area contributed by atoms with E-state index < -0.39 is 6.03 Å². The fourth-order valence-electron chi connectivity index (χ4n) is 2.99. The Labute approximate surface area is 156 Å². The van der Waals surface area contributed by atoms with Crippen LogP contribution >= 0.6 is 11.8 Å². The second-order valence-electron chi connectivity index (χ2n) is 6.33. The van der Waals surface area contributed by atoms with Crippen molar-refractivity contribution >= 4 is 23.7 Å². The minimum atomic E-state index is -0.427. The number of aromatic nitrogens is 2. The van der Waals surface area contributed by atoms with E-state index in [1.54, 1.807) is 6.20 Å². The minimum absolute atomic E-state index is 0.0700. The van der Waals surface area contributed by atoms with E-state index in [1.807, 2.05) is 30.3 Å². The van der Waals surface area contributed by atoms with Crippen LogP contribution < -0.4 is 16.5 Å². The van der Waals surface area contributed by atoms with Crippen LogP contribution in [0.2, 0.25) is 0 Å². The maximum atomic E-state index is 12.0. The number of nitrogen functional groups attached to an aromatic ring is 1. The first-order chi connectivity index (χ1) is 12.6. The molecule has 8 heteroatoms. The Morgan fingerprint density at radius 2 is 1.92 bits per heavy atom. The first-order valence-corrected chi connectivity index (χ1v) is 9.73. The molecule has 0 radical (unpaired) electrons. The maximum Gasteiger partial charge on any atom is 0.321 e. The number of imide groups is 1. The lowest BCUT2D eigenvalue weighted by atomic mass is 9.96. The van der Waals surface area contributed by atoms with Crippen molar-refractivity contribution in [2.75, 3.05) is 11.6 Å². The van der Waals surface area contributed by atoms with Gasteiger partial charge in [0.1, 0.15) is 0 Å². The van der Waals surface area contributed by atoms with Crippen molar-refractivity contribution in [1.82, 2.24) is 20.3 Å². The van der Waals surface area contributed by atoms with Crippen LogP contribution in [0.1, 0.15) is 32.1 Å². The third-order valence-corrected chi connectivity index (χ3v) is 5.26. The number of carbonyl (C=O) groups is 2. The van der Waals surface area contributed by atoms with E-state index in [9.17, 15) is 9.59 Å². The number of benzene rings is 1. The van der Waals surface area contributed by atoms with Crippen molar-refractivity contribution in [1.29, 1.82) is 0 Å². The monoisotopic (exact) mass is 373 g/mol. The average molecular weight is 373 g/mol. The van der Waals surface area contributed by atoms with E-state index in [0.717, 1.165) is 36.9 Å². The summed E-state index contributed by atoms with van der Waals surface area (Å²) < 4.78 is 1.39. The fourth-order valence-corrected chi connectivity index (χ4v) is 3.69. The molecule has 1 aliphatic carbocycles. The number of hydrogen-bond donors (Lipinski definition) is 3. The molecule has 26 heavy (non-hydrogen) atoms. The molecule has 1 aliphatic rings. The molecule has 0 aliphatic heterocycles. The summed E-state index contributed by atoms with van der Waals surface area (Å²) in [4.78, 5) is 28.3. The summed E-state index contributed by atoms with van der Waals surface area (Å²) in [5.74, 6) is 5.61. The lowest BCUT2D eigenvalue weighted by molar-refractivity contribution is -0.117. The molecule has 1 heterocycles. The van der Waals surface area contributed by atoms with Gasteiger partial charge in [-0.25, -0.2) is 14.5 Å². The minimum Gasteiger partial charge on any atom is -0.337 e. The van der Waals surface area contributed by atoms with Gasteiger partial charge < -0.3 is 11.2 Å². The van der Waals surface area contributed by atoms with Crippen molar-refractivity contribution in [3.8, 4) is 11.3 Å². The Morgan fingerprint density at radius 3 is 2.65 bits per heavy atom. The molecule has 3 amide bonds. The van der Waals surface area contributed by atoms with Gasteiger partial charge in [0.05, 0.1) is 17.6 Å². The van der Waals surface area contributed by atoms with Crippen LogP contribution in [-0.2, 0) is 4.79 Å². The summed E-state index contributed by atoms with van der Waals surface area (Å²) in [5, 5.41) is 5.75. The predicted molar refractivity (Wildman–Crippen MR) is 102 cm³/mol. The van der Waals surface area contributed by atoms with Crippen LogP contribution in [0.15, 0.2) is 41.7 Å². The molecule has 0 atom stereocenters. The number of carbonyl (C=O) groups excluding carboxylic acids is 2. The standard InChI is InChI=1S/C18H23N5O2S/c19-23-11-15(13-7-3-1-4-8-13)21-18(23)26-12-16(24)22-17(25)20-14-9-5-2-6-10-14/h1,3-4,7-8,11,14H,2,5-6,9-10,12,19H2,(H2,20,22,24,25). The van der Waals surface area contributed by atoms with Crippen LogP contribution in [0.5, 0.6) is 0 Å². The normalized spacial score (nSPS) is 14.8. The molecule has 7 nitrogen and oxygen atoms in total. The molecule has 0 bridgehead atoms. The van der Waals surface area contributed by atoms with Crippen LogP contribution in [0.4, 0.5) is 4.79 Å². The van der Waals surface area contributed by atoms with Gasteiger partial charge in [-0.3, -0.25) is 10.1 Å². The highest BCUT2D eigenvalue weighted by Crippen LogP contribution is 2.22. The van der Waals surface area contributed by atoms with E-state index in [2.05, 4.69) is 15.6 Å². The quantitative estimate of drug-likeness (QED) is 0.552. The fraction of sp³-hybridized carbons (Fsp3) is 0.389. The van der Waals surface area contributed by atoms with E-state index in [-0.39, 0.29) is 17.7 Å². The molecule has 4 N–H and O–H groups in total. The maximum absolute atomic E-state index is 12.0. The zero-order chi connectivity index (χ0) is 18.4. The Morgan fingerprint density at radius 1 is 1.19 bits per heavy atom. The molecular weight excluding hydrogens is 350 g/mol. The Hall–Kier alpha value is -2.48.